The minimum absolute atomic E-state index is 0.0541. The van der Waals surface area contributed by atoms with Crippen molar-refractivity contribution in [2.75, 3.05) is 18.1 Å². The molecule has 1 atom stereocenters. The van der Waals surface area contributed by atoms with Gasteiger partial charge in [-0.15, -0.1) is 0 Å². The summed E-state index contributed by atoms with van der Waals surface area (Å²) in [6.07, 6.45) is 0.209. The van der Waals surface area contributed by atoms with E-state index in [4.69, 9.17) is 16.3 Å². The summed E-state index contributed by atoms with van der Waals surface area (Å²) in [6, 6.07) is 13.1. The van der Waals surface area contributed by atoms with E-state index in [1.165, 1.54) is 0 Å². The number of amides is 2. The molecule has 6 heteroatoms. The first-order chi connectivity index (χ1) is 13.0. The molecule has 5 nitrogen and oxygen atoms in total. The van der Waals surface area contributed by atoms with Crippen LogP contribution in [0.15, 0.2) is 42.5 Å². The van der Waals surface area contributed by atoms with Gasteiger partial charge in [0.05, 0.1) is 12.5 Å². The molecule has 1 saturated heterocycles. The lowest BCUT2D eigenvalue weighted by Crippen LogP contribution is -2.32. The second kappa shape index (κ2) is 8.44. The summed E-state index contributed by atoms with van der Waals surface area (Å²) in [4.78, 5) is 26.6. The van der Waals surface area contributed by atoms with Crippen LogP contribution in [0, 0.1) is 12.8 Å². The summed E-state index contributed by atoms with van der Waals surface area (Å²) in [5.41, 5.74) is 2.61. The lowest BCUT2D eigenvalue weighted by molar-refractivity contribution is -0.126. The molecule has 1 N–H and O–H groups in total. The number of halogens is 1. The predicted molar refractivity (Wildman–Crippen MR) is 106 cm³/mol. The third-order valence-corrected chi connectivity index (χ3v) is 5.14. The Balaban J connectivity index is 1.59. The zero-order valence-corrected chi connectivity index (χ0v) is 16.3. The number of carbonyl (C=O) groups excluding carboxylic acids is 2. The number of rotatable bonds is 6. The lowest BCUT2D eigenvalue weighted by atomic mass is 10.1. The third-order valence-electron chi connectivity index (χ3n) is 4.73. The highest BCUT2D eigenvalue weighted by atomic mass is 35.5. The monoisotopic (exact) mass is 386 g/mol. The van der Waals surface area contributed by atoms with E-state index in [0.717, 1.165) is 22.6 Å². The van der Waals surface area contributed by atoms with Gasteiger partial charge >= 0.3 is 0 Å². The van der Waals surface area contributed by atoms with Gasteiger partial charge in [-0.1, -0.05) is 29.8 Å². The molecule has 1 fully saturated rings. The van der Waals surface area contributed by atoms with E-state index in [1.54, 1.807) is 11.0 Å². The van der Waals surface area contributed by atoms with Crippen molar-refractivity contribution in [1.29, 1.82) is 0 Å². The fourth-order valence-corrected chi connectivity index (χ4v) is 3.38. The maximum Gasteiger partial charge on any atom is 0.227 e. The smallest absolute Gasteiger partial charge is 0.227 e. The summed E-state index contributed by atoms with van der Waals surface area (Å²) in [6.45, 7) is 5.23. The van der Waals surface area contributed by atoms with Crippen molar-refractivity contribution in [3.8, 4) is 5.75 Å². The molecule has 1 heterocycles. The van der Waals surface area contributed by atoms with Crippen molar-refractivity contribution in [2.24, 2.45) is 5.92 Å². The SMILES string of the molecule is CCOc1ccc(CNC(=O)[C@H]2CC(=O)N(c3cccc(Cl)c3C)C2)cc1. The maximum absolute atomic E-state index is 12.5. The second-order valence-electron chi connectivity index (χ2n) is 6.58. The standard InChI is InChI=1S/C21H23ClN2O3/c1-3-27-17-9-7-15(8-10-17)12-23-21(26)16-11-20(25)24(13-16)19-6-4-5-18(22)14(19)2/h4-10,16H,3,11-13H2,1-2H3,(H,23,26)/t16-/m0/s1. The predicted octanol–water partition coefficient (Wildman–Crippen LogP) is 3.72. The van der Waals surface area contributed by atoms with Gasteiger partial charge in [-0.05, 0) is 49.2 Å². The number of nitrogens with zero attached hydrogens (tertiary/aromatic N) is 1. The Bertz CT molecular complexity index is 836. The average Bonchev–Trinajstić information content (AvgIpc) is 3.05. The summed E-state index contributed by atoms with van der Waals surface area (Å²) in [5, 5.41) is 3.54. The minimum atomic E-state index is -0.362. The average molecular weight is 387 g/mol. The highest BCUT2D eigenvalue weighted by molar-refractivity contribution is 6.31. The number of nitrogens with one attached hydrogen (secondary N) is 1. The first-order valence-corrected chi connectivity index (χ1v) is 9.42. The molecule has 0 bridgehead atoms. The van der Waals surface area contributed by atoms with Crippen LogP contribution in [-0.4, -0.2) is 25.0 Å². The molecule has 2 aromatic carbocycles. The fraction of sp³-hybridized carbons (Fsp3) is 0.333. The van der Waals surface area contributed by atoms with Crippen molar-refractivity contribution < 1.29 is 14.3 Å². The molecule has 2 aromatic rings. The molecule has 0 aromatic heterocycles. The number of hydrogen-bond acceptors (Lipinski definition) is 3. The fourth-order valence-electron chi connectivity index (χ4n) is 3.21. The van der Waals surface area contributed by atoms with Gasteiger partial charge in [0.1, 0.15) is 5.75 Å². The Labute approximate surface area is 164 Å². The number of carbonyl (C=O) groups is 2. The van der Waals surface area contributed by atoms with Crippen LogP contribution >= 0.6 is 11.6 Å². The summed E-state index contributed by atoms with van der Waals surface area (Å²) >= 11 is 6.16. The molecule has 0 aliphatic carbocycles. The van der Waals surface area contributed by atoms with Gasteiger partial charge in [0.15, 0.2) is 0 Å². The van der Waals surface area contributed by atoms with Crippen LogP contribution in [0.1, 0.15) is 24.5 Å². The van der Waals surface area contributed by atoms with Crippen molar-refractivity contribution >= 4 is 29.1 Å². The molecule has 142 valence electrons. The van der Waals surface area contributed by atoms with Crippen LogP contribution in [0.2, 0.25) is 5.02 Å². The minimum Gasteiger partial charge on any atom is -0.494 e. The van der Waals surface area contributed by atoms with Crippen LogP contribution < -0.4 is 15.0 Å². The van der Waals surface area contributed by atoms with Gasteiger partial charge in [0, 0.05) is 30.2 Å². The Morgan fingerprint density at radius 3 is 2.70 bits per heavy atom. The van der Waals surface area contributed by atoms with Gasteiger partial charge < -0.3 is 15.0 Å². The van der Waals surface area contributed by atoms with Crippen LogP contribution in [0.3, 0.4) is 0 Å². The first-order valence-electron chi connectivity index (χ1n) is 9.04. The summed E-state index contributed by atoms with van der Waals surface area (Å²) in [5.74, 6) is 0.279. The Morgan fingerprint density at radius 1 is 1.26 bits per heavy atom. The molecule has 27 heavy (non-hydrogen) atoms. The van der Waals surface area contributed by atoms with Crippen LogP contribution in [0.25, 0.3) is 0 Å². The largest absolute Gasteiger partial charge is 0.494 e. The number of benzene rings is 2. The summed E-state index contributed by atoms with van der Waals surface area (Å²) in [7, 11) is 0. The first kappa shape index (κ1) is 19.2. The zero-order valence-electron chi connectivity index (χ0n) is 15.5. The molecule has 3 rings (SSSR count). The molecule has 0 spiro atoms. The van der Waals surface area contributed by atoms with E-state index < -0.39 is 0 Å². The van der Waals surface area contributed by atoms with E-state index >= 15 is 0 Å². The van der Waals surface area contributed by atoms with Crippen molar-refractivity contribution in [1.82, 2.24) is 5.32 Å². The van der Waals surface area contributed by atoms with Gasteiger partial charge in [0.2, 0.25) is 11.8 Å². The lowest BCUT2D eigenvalue weighted by Gasteiger charge is -2.19. The van der Waals surface area contributed by atoms with Crippen molar-refractivity contribution in [2.45, 2.75) is 26.8 Å². The highest BCUT2D eigenvalue weighted by Crippen LogP contribution is 2.31. The van der Waals surface area contributed by atoms with Crippen molar-refractivity contribution in [3.63, 3.8) is 0 Å². The second-order valence-corrected chi connectivity index (χ2v) is 6.99. The normalized spacial score (nSPS) is 16.5. The van der Waals surface area contributed by atoms with Crippen LogP contribution in [0.4, 0.5) is 5.69 Å². The molecule has 2 amide bonds. The molecular weight excluding hydrogens is 364 g/mol. The zero-order chi connectivity index (χ0) is 19.4. The molecule has 1 aliphatic rings. The topological polar surface area (TPSA) is 58.6 Å². The molecular formula is C21H23ClN2O3. The van der Waals surface area contributed by atoms with E-state index in [1.807, 2.05) is 50.2 Å². The van der Waals surface area contributed by atoms with Crippen molar-refractivity contribution in [3.05, 3.63) is 58.6 Å². The van der Waals surface area contributed by atoms with E-state index in [0.29, 0.717) is 24.7 Å². The van der Waals surface area contributed by atoms with Gasteiger partial charge in [-0.25, -0.2) is 0 Å². The Hall–Kier alpha value is -2.53. The van der Waals surface area contributed by atoms with Crippen LogP contribution in [-0.2, 0) is 16.1 Å². The molecule has 0 saturated carbocycles. The van der Waals surface area contributed by atoms with Gasteiger partial charge in [-0.2, -0.15) is 0 Å². The van der Waals surface area contributed by atoms with Gasteiger partial charge in [0.25, 0.3) is 0 Å². The molecule has 0 radical (unpaired) electrons. The molecule has 0 unspecified atom stereocenters. The number of anilines is 1. The molecule has 1 aliphatic heterocycles. The number of hydrogen-bond donors (Lipinski definition) is 1. The Kier molecular flexibility index (Phi) is 6.01. The van der Waals surface area contributed by atoms with Crippen LogP contribution in [0.5, 0.6) is 5.75 Å². The quantitative estimate of drug-likeness (QED) is 0.823. The van der Waals surface area contributed by atoms with E-state index in [9.17, 15) is 9.59 Å². The summed E-state index contributed by atoms with van der Waals surface area (Å²) < 4.78 is 5.41. The third kappa shape index (κ3) is 4.42. The number of ether oxygens (including phenoxy) is 1. The maximum atomic E-state index is 12.5. The Morgan fingerprint density at radius 2 is 2.00 bits per heavy atom. The van der Waals surface area contributed by atoms with E-state index in [2.05, 4.69) is 5.32 Å². The van der Waals surface area contributed by atoms with Gasteiger partial charge in [-0.3, -0.25) is 9.59 Å². The highest BCUT2D eigenvalue weighted by Gasteiger charge is 2.35. The van der Waals surface area contributed by atoms with E-state index in [-0.39, 0.29) is 24.2 Å².